The van der Waals surface area contributed by atoms with Gasteiger partial charge >= 0.3 is 11.9 Å². The zero-order chi connectivity index (χ0) is 20.1. The van der Waals surface area contributed by atoms with E-state index in [0.29, 0.717) is 0 Å². The van der Waals surface area contributed by atoms with Gasteiger partial charge in [-0.1, -0.05) is 41.0 Å². The van der Waals surface area contributed by atoms with Crippen molar-refractivity contribution in [3.05, 3.63) is 47.1 Å². The van der Waals surface area contributed by atoms with E-state index < -0.39 is 23.9 Å². The van der Waals surface area contributed by atoms with Crippen LogP contribution in [0, 0.1) is 0 Å². The predicted octanol–water partition coefficient (Wildman–Crippen LogP) is 3.62. The average molecular weight is 363 g/mol. The summed E-state index contributed by atoms with van der Waals surface area (Å²) in [6.07, 6.45) is 12.6. The van der Waals surface area contributed by atoms with Crippen molar-refractivity contribution >= 4 is 17.8 Å². The number of carboxylic acids is 2. The van der Waals surface area contributed by atoms with Crippen LogP contribution < -0.4 is 5.32 Å². The molecule has 0 aliphatic rings. The van der Waals surface area contributed by atoms with Crippen LogP contribution in [0.1, 0.15) is 53.4 Å². The largest absolute Gasteiger partial charge is 0.479 e. The molecule has 0 heterocycles. The Kier molecular flexibility index (Phi) is 11.4. The highest BCUT2D eigenvalue weighted by molar-refractivity contribution is 6.02. The number of carboxylic acid groups (broad SMARTS) is 2. The van der Waals surface area contributed by atoms with Crippen LogP contribution >= 0.6 is 0 Å². The molecule has 0 saturated carbocycles. The first kappa shape index (κ1) is 23.4. The van der Waals surface area contributed by atoms with Crippen molar-refractivity contribution in [3.63, 3.8) is 0 Å². The van der Waals surface area contributed by atoms with Gasteiger partial charge in [0.05, 0.1) is 0 Å². The summed E-state index contributed by atoms with van der Waals surface area (Å²) in [6.45, 7) is 8.23. The molecule has 26 heavy (non-hydrogen) atoms. The lowest BCUT2D eigenvalue weighted by Crippen LogP contribution is -2.45. The van der Waals surface area contributed by atoms with Gasteiger partial charge in [-0.2, -0.15) is 0 Å². The second-order valence-electron chi connectivity index (χ2n) is 6.40. The normalized spacial score (nSPS) is 12.3. The summed E-state index contributed by atoms with van der Waals surface area (Å²) in [5, 5.41) is 19.3. The molecule has 0 radical (unpaired) electrons. The van der Waals surface area contributed by atoms with Gasteiger partial charge in [-0.25, -0.2) is 9.59 Å². The fourth-order valence-corrected chi connectivity index (χ4v) is 2.04. The van der Waals surface area contributed by atoms with Crippen LogP contribution in [-0.2, 0) is 14.4 Å². The molecule has 0 aromatic carbocycles. The van der Waals surface area contributed by atoms with Gasteiger partial charge in [0, 0.05) is 6.08 Å². The third-order valence-corrected chi connectivity index (χ3v) is 3.53. The van der Waals surface area contributed by atoms with E-state index in [-0.39, 0.29) is 0 Å². The lowest BCUT2D eigenvalue weighted by atomic mass is 10.1. The van der Waals surface area contributed by atoms with Crippen LogP contribution in [-0.4, -0.2) is 34.1 Å². The fourth-order valence-electron chi connectivity index (χ4n) is 2.04. The van der Waals surface area contributed by atoms with Crippen molar-refractivity contribution in [1.82, 2.24) is 5.32 Å². The Hall–Kier alpha value is -2.63. The standard InChI is InChI=1S/C20H29NO5/c1-14(2)8-5-9-15(3)10-6-11-16(4)12-7-13-17(22)21-18(19(23)24)20(25)26/h7-8,10,12-13,18H,5-6,9,11H2,1-4H3,(H,21,22)(H,23,24)(H,25,26)/b13-7+,15-10+,16-12+. The maximum atomic E-state index is 11.5. The van der Waals surface area contributed by atoms with Gasteiger partial charge in [-0.3, -0.25) is 4.79 Å². The van der Waals surface area contributed by atoms with Gasteiger partial charge in [-0.15, -0.1) is 0 Å². The van der Waals surface area contributed by atoms with Crippen molar-refractivity contribution in [3.8, 4) is 0 Å². The zero-order valence-corrected chi connectivity index (χ0v) is 15.9. The van der Waals surface area contributed by atoms with E-state index in [4.69, 9.17) is 10.2 Å². The maximum Gasteiger partial charge on any atom is 0.338 e. The summed E-state index contributed by atoms with van der Waals surface area (Å²) < 4.78 is 0. The minimum absolute atomic E-state index is 0.765. The number of carbonyl (C=O) groups excluding carboxylic acids is 1. The predicted molar refractivity (Wildman–Crippen MR) is 102 cm³/mol. The number of amides is 1. The third-order valence-electron chi connectivity index (χ3n) is 3.53. The van der Waals surface area contributed by atoms with E-state index in [1.807, 2.05) is 12.2 Å². The second-order valence-corrected chi connectivity index (χ2v) is 6.40. The van der Waals surface area contributed by atoms with Gasteiger partial charge in [-0.05, 0) is 53.4 Å². The number of carbonyl (C=O) groups is 3. The molecule has 6 heteroatoms. The Morgan fingerprint density at radius 2 is 1.42 bits per heavy atom. The summed E-state index contributed by atoms with van der Waals surface area (Å²) in [5.41, 5.74) is 3.74. The summed E-state index contributed by atoms with van der Waals surface area (Å²) >= 11 is 0. The minimum Gasteiger partial charge on any atom is -0.479 e. The second kappa shape index (κ2) is 12.7. The number of nitrogens with one attached hydrogen (secondary N) is 1. The average Bonchev–Trinajstić information content (AvgIpc) is 2.51. The van der Waals surface area contributed by atoms with Crippen LogP contribution in [0.4, 0.5) is 0 Å². The number of aliphatic carboxylic acids is 2. The highest BCUT2D eigenvalue weighted by Crippen LogP contribution is 2.11. The molecule has 0 unspecified atom stereocenters. The minimum atomic E-state index is -1.95. The maximum absolute atomic E-state index is 11.5. The number of hydrogen-bond donors (Lipinski definition) is 3. The molecule has 0 aromatic rings. The van der Waals surface area contributed by atoms with E-state index in [2.05, 4.69) is 32.9 Å². The molecule has 0 atom stereocenters. The van der Waals surface area contributed by atoms with Crippen molar-refractivity contribution in [1.29, 1.82) is 0 Å². The van der Waals surface area contributed by atoms with Crippen LogP contribution in [0.15, 0.2) is 47.1 Å². The first-order chi connectivity index (χ1) is 12.1. The molecule has 0 bridgehead atoms. The smallest absolute Gasteiger partial charge is 0.338 e. The molecule has 0 rings (SSSR count). The van der Waals surface area contributed by atoms with Gasteiger partial charge in [0.2, 0.25) is 11.9 Å². The monoisotopic (exact) mass is 363 g/mol. The highest BCUT2D eigenvalue weighted by atomic mass is 16.4. The Morgan fingerprint density at radius 3 is 1.96 bits per heavy atom. The number of allylic oxidation sites excluding steroid dienone is 7. The Morgan fingerprint density at radius 1 is 0.885 bits per heavy atom. The summed E-state index contributed by atoms with van der Waals surface area (Å²) in [7, 11) is 0. The molecule has 1 amide bonds. The molecule has 0 fully saturated rings. The van der Waals surface area contributed by atoms with Gasteiger partial charge in [0.1, 0.15) is 0 Å². The lowest BCUT2D eigenvalue weighted by molar-refractivity contribution is -0.152. The number of hydrogen-bond acceptors (Lipinski definition) is 3. The molecule has 0 aliphatic heterocycles. The van der Waals surface area contributed by atoms with Gasteiger partial charge < -0.3 is 15.5 Å². The zero-order valence-electron chi connectivity index (χ0n) is 15.9. The first-order valence-corrected chi connectivity index (χ1v) is 8.52. The van der Waals surface area contributed by atoms with Crippen molar-refractivity contribution in [2.75, 3.05) is 0 Å². The molecule has 0 spiro atoms. The molecular formula is C20H29NO5. The van der Waals surface area contributed by atoms with E-state index in [0.717, 1.165) is 37.3 Å². The van der Waals surface area contributed by atoms with Gasteiger partial charge in [0.25, 0.3) is 0 Å². The molecule has 0 saturated heterocycles. The van der Waals surface area contributed by atoms with Crippen LogP contribution in [0.25, 0.3) is 0 Å². The van der Waals surface area contributed by atoms with Crippen molar-refractivity contribution < 1.29 is 24.6 Å². The molecule has 0 aromatic heterocycles. The Labute approximate surface area is 155 Å². The van der Waals surface area contributed by atoms with E-state index in [1.54, 1.807) is 6.08 Å². The molecule has 6 nitrogen and oxygen atoms in total. The molecular weight excluding hydrogens is 334 g/mol. The van der Waals surface area contributed by atoms with E-state index in [1.165, 1.54) is 17.2 Å². The molecule has 144 valence electrons. The third kappa shape index (κ3) is 11.8. The fraction of sp³-hybridized carbons (Fsp3) is 0.450. The van der Waals surface area contributed by atoms with E-state index in [9.17, 15) is 14.4 Å². The number of rotatable bonds is 11. The van der Waals surface area contributed by atoms with Crippen LogP contribution in [0.3, 0.4) is 0 Å². The SMILES string of the molecule is CC(C)=CCC/C(C)=C/CC/C(C)=C/C=C/C(=O)NC(C(=O)O)C(=O)O. The van der Waals surface area contributed by atoms with Crippen LogP contribution in [0.5, 0.6) is 0 Å². The Balaban J connectivity index is 4.37. The highest BCUT2D eigenvalue weighted by Gasteiger charge is 2.26. The molecule has 3 N–H and O–H groups in total. The van der Waals surface area contributed by atoms with Gasteiger partial charge in [0.15, 0.2) is 0 Å². The summed E-state index contributed by atoms with van der Waals surface area (Å²) in [4.78, 5) is 32.9. The first-order valence-electron chi connectivity index (χ1n) is 8.52. The summed E-state index contributed by atoms with van der Waals surface area (Å²) in [6, 6.07) is -1.95. The topological polar surface area (TPSA) is 104 Å². The lowest BCUT2D eigenvalue weighted by Gasteiger charge is -2.07. The quantitative estimate of drug-likeness (QED) is 0.225. The molecule has 0 aliphatic carbocycles. The van der Waals surface area contributed by atoms with Crippen molar-refractivity contribution in [2.45, 2.75) is 59.4 Å². The summed E-state index contributed by atoms with van der Waals surface area (Å²) in [5.74, 6) is -3.99. The van der Waals surface area contributed by atoms with Crippen LogP contribution in [0.2, 0.25) is 0 Å². The van der Waals surface area contributed by atoms with Crippen molar-refractivity contribution in [2.24, 2.45) is 0 Å². The van der Waals surface area contributed by atoms with E-state index >= 15 is 0 Å². The Bertz CT molecular complexity index is 608.